The quantitative estimate of drug-likeness (QED) is 0.611. The van der Waals surface area contributed by atoms with E-state index in [2.05, 4.69) is 63.1 Å². The Balaban J connectivity index is 4.53. The molecule has 0 bridgehead atoms. The summed E-state index contributed by atoms with van der Waals surface area (Å²) in [5.41, 5.74) is 0.338. The van der Waals surface area contributed by atoms with Gasteiger partial charge >= 0.3 is 0 Å². The van der Waals surface area contributed by atoms with Crippen LogP contribution in [-0.2, 0) is 0 Å². The second-order valence-corrected chi connectivity index (χ2v) is 6.99. The Morgan fingerprint density at radius 1 is 0.929 bits per heavy atom. The topological polar surface area (TPSA) is 0 Å². The predicted octanol–water partition coefficient (Wildman–Crippen LogP) is 1.96. The van der Waals surface area contributed by atoms with E-state index >= 15 is 0 Å². The third-order valence-corrected chi connectivity index (χ3v) is 3.93. The molecule has 0 aromatic carbocycles. The minimum absolute atomic E-state index is 0.338. The molecule has 0 unspecified atom stereocenters. The molecule has 0 aliphatic heterocycles. The van der Waals surface area contributed by atoms with Gasteiger partial charge in [0.1, 0.15) is 0 Å². The number of rotatable bonds is 4. The van der Waals surface area contributed by atoms with Crippen LogP contribution in [0.2, 0.25) is 0 Å². The number of hydrogen-bond acceptors (Lipinski definition) is 0. The van der Waals surface area contributed by atoms with Crippen LogP contribution in [0.3, 0.4) is 0 Å². The summed E-state index contributed by atoms with van der Waals surface area (Å²) >= 11 is 0. The molecule has 2 heteroatoms. The average Bonchev–Trinajstić information content (AvgIpc) is 1.80. The van der Waals surface area contributed by atoms with Gasteiger partial charge in [-0.15, -0.1) is 0 Å². The smallest absolute Gasteiger partial charge is 0.0986 e. The minimum Gasteiger partial charge on any atom is -0.329 e. The second-order valence-electron chi connectivity index (χ2n) is 6.99. The Kier molecular flexibility index (Phi) is 3.80. The van der Waals surface area contributed by atoms with Crippen molar-refractivity contribution in [3.05, 3.63) is 0 Å². The van der Waals surface area contributed by atoms with Gasteiger partial charge in [0, 0.05) is 0 Å². The van der Waals surface area contributed by atoms with Crippen LogP contribution < -0.4 is 0 Å². The molecule has 2 nitrogen and oxygen atoms in total. The summed E-state index contributed by atoms with van der Waals surface area (Å²) in [7, 11) is 13.7. The molecule has 0 fully saturated rings. The molecule has 14 heavy (non-hydrogen) atoms. The fraction of sp³-hybridized carbons (Fsp3) is 1.00. The lowest BCUT2D eigenvalue weighted by Crippen LogP contribution is -2.57. The van der Waals surface area contributed by atoms with Crippen LogP contribution in [0.5, 0.6) is 0 Å². The van der Waals surface area contributed by atoms with Crippen molar-refractivity contribution in [1.82, 2.24) is 0 Å². The third kappa shape index (κ3) is 3.58. The van der Waals surface area contributed by atoms with E-state index in [1.54, 1.807) is 0 Å². The van der Waals surface area contributed by atoms with E-state index in [1.807, 2.05) is 0 Å². The van der Waals surface area contributed by atoms with E-state index < -0.39 is 0 Å². The number of nitrogens with zero attached hydrogens (tertiary/aromatic N) is 2. The van der Waals surface area contributed by atoms with Gasteiger partial charge in [0.15, 0.2) is 0 Å². The van der Waals surface area contributed by atoms with Crippen LogP contribution in [0.1, 0.15) is 27.2 Å². The van der Waals surface area contributed by atoms with Gasteiger partial charge in [0.05, 0.1) is 60.3 Å². The Morgan fingerprint density at radius 2 is 1.29 bits per heavy atom. The zero-order chi connectivity index (χ0) is 11.8. The van der Waals surface area contributed by atoms with E-state index in [4.69, 9.17) is 0 Å². The molecule has 0 saturated carbocycles. The van der Waals surface area contributed by atoms with Crippen LogP contribution in [-0.4, -0.2) is 62.8 Å². The molecule has 0 aliphatic rings. The Labute approximate surface area is 90.7 Å². The van der Waals surface area contributed by atoms with Crippen molar-refractivity contribution in [3.63, 3.8) is 0 Å². The third-order valence-electron chi connectivity index (χ3n) is 3.93. The van der Waals surface area contributed by atoms with E-state index in [0.717, 1.165) is 8.97 Å². The molecule has 0 spiro atoms. The highest BCUT2D eigenvalue weighted by Crippen LogP contribution is 2.26. The van der Waals surface area contributed by atoms with Gasteiger partial charge in [-0.3, -0.25) is 0 Å². The molecule has 0 aromatic heterocycles. The molecule has 0 rings (SSSR count). The summed E-state index contributed by atoms with van der Waals surface area (Å²) in [5.74, 6) is 0. The molecule has 0 aromatic rings. The zero-order valence-corrected chi connectivity index (χ0v) is 11.7. The first kappa shape index (κ1) is 13.9. The minimum atomic E-state index is 0.338. The van der Waals surface area contributed by atoms with Gasteiger partial charge in [0.2, 0.25) is 0 Å². The van der Waals surface area contributed by atoms with Crippen LogP contribution in [0.25, 0.3) is 0 Å². The van der Waals surface area contributed by atoms with Gasteiger partial charge in [-0.05, 0) is 20.8 Å². The lowest BCUT2D eigenvalue weighted by molar-refractivity contribution is -0.935. The number of hydrogen-bond donors (Lipinski definition) is 0. The summed E-state index contributed by atoms with van der Waals surface area (Å²) in [5, 5.41) is 0. The average molecular weight is 202 g/mol. The molecule has 0 N–H and O–H groups in total. The van der Waals surface area contributed by atoms with Crippen LogP contribution in [0.15, 0.2) is 0 Å². The van der Waals surface area contributed by atoms with Crippen molar-refractivity contribution in [3.8, 4) is 0 Å². The van der Waals surface area contributed by atoms with E-state index in [-0.39, 0.29) is 0 Å². The van der Waals surface area contributed by atoms with Crippen molar-refractivity contribution in [1.29, 1.82) is 0 Å². The molecule has 0 radical (unpaired) electrons. The van der Waals surface area contributed by atoms with Gasteiger partial charge in [0.25, 0.3) is 0 Å². The monoisotopic (exact) mass is 202 g/mol. The van der Waals surface area contributed by atoms with E-state index in [1.165, 1.54) is 6.42 Å². The highest BCUT2D eigenvalue weighted by molar-refractivity contribution is 4.72. The summed E-state index contributed by atoms with van der Waals surface area (Å²) in [6.45, 7) is 7.07. The summed E-state index contributed by atoms with van der Waals surface area (Å²) in [6.07, 6.45) is 1.25. The zero-order valence-electron chi connectivity index (χ0n) is 11.7. The lowest BCUT2D eigenvalue weighted by Gasteiger charge is -2.45. The van der Waals surface area contributed by atoms with Crippen LogP contribution >= 0.6 is 0 Å². The molecule has 0 saturated heterocycles. The van der Waals surface area contributed by atoms with Gasteiger partial charge in [-0.1, -0.05) is 0 Å². The summed E-state index contributed by atoms with van der Waals surface area (Å²) in [6, 6.07) is 0.697. The maximum absolute atomic E-state index is 2.36. The van der Waals surface area contributed by atoms with Gasteiger partial charge in [-0.2, -0.15) is 0 Å². The largest absolute Gasteiger partial charge is 0.329 e. The Morgan fingerprint density at radius 3 is 1.50 bits per heavy atom. The first-order valence-electron chi connectivity index (χ1n) is 5.50. The highest BCUT2D eigenvalue weighted by Gasteiger charge is 2.37. The maximum atomic E-state index is 2.36. The molecule has 86 valence electrons. The molecular formula is C12H30N2+2. The van der Waals surface area contributed by atoms with Crippen LogP contribution in [0.4, 0.5) is 0 Å². The molecular weight excluding hydrogens is 172 g/mol. The van der Waals surface area contributed by atoms with Crippen molar-refractivity contribution in [2.45, 2.75) is 38.8 Å². The van der Waals surface area contributed by atoms with Gasteiger partial charge in [-0.25, -0.2) is 0 Å². The normalized spacial score (nSPS) is 16.9. The van der Waals surface area contributed by atoms with Crippen molar-refractivity contribution in [2.75, 3.05) is 42.3 Å². The number of quaternary nitrogens is 2. The Hall–Kier alpha value is -0.0800. The predicted molar refractivity (Wildman–Crippen MR) is 64.2 cm³/mol. The van der Waals surface area contributed by atoms with Crippen molar-refractivity contribution < 1.29 is 8.97 Å². The highest BCUT2D eigenvalue weighted by atomic mass is 15.4. The molecule has 0 aliphatic carbocycles. The summed E-state index contributed by atoms with van der Waals surface area (Å²) < 4.78 is 2.07. The van der Waals surface area contributed by atoms with Gasteiger partial charge < -0.3 is 8.97 Å². The summed E-state index contributed by atoms with van der Waals surface area (Å²) in [4.78, 5) is 0. The second kappa shape index (κ2) is 3.82. The SMILES string of the molecule is C[C@@H](CC(C)(C)[N+](C)(C)C)[N+](C)(C)C. The molecule has 0 amide bonds. The first-order valence-corrected chi connectivity index (χ1v) is 5.50. The van der Waals surface area contributed by atoms with E-state index in [0.29, 0.717) is 11.6 Å². The fourth-order valence-electron chi connectivity index (χ4n) is 1.27. The Bertz CT molecular complexity index is 181. The standard InChI is InChI=1S/C12H30N2/c1-11(13(4,5)6)10-12(2,3)14(7,8)9/h11H,10H2,1-9H3/q+2/t11-/m0/s1. The van der Waals surface area contributed by atoms with Crippen molar-refractivity contribution >= 4 is 0 Å². The van der Waals surface area contributed by atoms with Crippen molar-refractivity contribution in [2.24, 2.45) is 0 Å². The fourth-order valence-corrected chi connectivity index (χ4v) is 1.27. The maximum Gasteiger partial charge on any atom is 0.0986 e. The molecule has 0 heterocycles. The van der Waals surface area contributed by atoms with Crippen LogP contribution in [0, 0.1) is 0 Å². The molecule has 1 atom stereocenters. The van der Waals surface area contributed by atoms with E-state index in [9.17, 15) is 0 Å². The lowest BCUT2D eigenvalue weighted by atomic mass is 9.91. The first-order chi connectivity index (χ1) is 5.88.